The molecule has 0 spiro atoms. The van der Waals surface area contributed by atoms with Gasteiger partial charge in [0.15, 0.2) is 5.82 Å². The van der Waals surface area contributed by atoms with E-state index in [9.17, 15) is 19.2 Å². The minimum atomic E-state index is -1.70. The molecule has 0 saturated carbocycles. The van der Waals surface area contributed by atoms with E-state index in [2.05, 4.69) is 17.2 Å². The molecule has 0 aliphatic heterocycles. The average molecular weight is 728 g/mol. The predicted octanol–water partition coefficient (Wildman–Crippen LogP) is 9.16. The number of ether oxygens (including phenoxy) is 4. The van der Waals surface area contributed by atoms with Gasteiger partial charge in [0.2, 0.25) is 0 Å². The molecule has 11 heteroatoms. The molecule has 284 valence electrons. The molecule has 1 amide bonds. The monoisotopic (exact) mass is 727 g/mol. The number of unbranched alkanes of at least 4 members (excludes halogenated alkanes) is 11. The van der Waals surface area contributed by atoms with Crippen LogP contribution in [0.25, 0.3) is 10.9 Å². The molecule has 0 fully saturated rings. The molecule has 11 nitrogen and oxygen atoms in total. The molecule has 53 heavy (non-hydrogen) atoms. The maximum absolute atomic E-state index is 13.8. The first-order valence-electron chi connectivity index (χ1n) is 18.9. The van der Waals surface area contributed by atoms with Gasteiger partial charge in [-0.2, -0.15) is 0 Å². The fourth-order valence-electron chi connectivity index (χ4n) is 6.10. The van der Waals surface area contributed by atoms with Crippen LogP contribution < -0.4 is 15.6 Å². The van der Waals surface area contributed by atoms with Gasteiger partial charge in [0.05, 0.1) is 49.0 Å². The normalized spacial score (nSPS) is 11.5. The van der Waals surface area contributed by atoms with Gasteiger partial charge in [-0.05, 0) is 49.2 Å². The number of para-hydroxylation sites is 1. The summed E-state index contributed by atoms with van der Waals surface area (Å²) in [6.07, 6.45) is 11.7. The van der Waals surface area contributed by atoms with E-state index < -0.39 is 29.7 Å². The van der Waals surface area contributed by atoms with Crippen molar-refractivity contribution in [2.45, 2.75) is 104 Å². The van der Waals surface area contributed by atoms with Crippen LogP contribution in [0.2, 0.25) is 0 Å². The molecule has 1 aromatic heterocycles. The van der Waals surface area contributed by atoms with E-state index in [4.69, 9.17) is 18.9 Å². The molecule has 1 unspecified atom stereocenters. The Morgan fingerprint density at radius 3 is 2.08 bits per heavy atom. The van der Waals surface area contributed by atoms with E-state index in [1.54, 1.807) is 37.3 Å². The highest BCUT2D eigenvalue weighted by molar-refractivity contribution is 5.94. The summed E-state index contributed by atoms with van der Waals surface area (Å²) in [5, 5.41) is 2.91. The summed E-state index contributed by atoms with van der Waals surface area (Å²) in [5.74, 6) is -1.30. The van der Waals surface area contributed by atoms with Crippen molar-refractivity contribution < 1.29 is 33.3 Å². The number of anilines is 1. The number of carbonyl (C=O) groups is 3. The number of amides is 1. The molecule has 0 aliphatic rings. The molecule has 0 aliphatic carbocycles. The van der Waals surface area contributed by atoms with E-state index in [-0.39, 0.29) is 42.6 Å². The lowest BCUT2D eigenvalue weighted by Crippen LogP contribution is -2.33. The van der Waals surface area contributed by atoms with Crippen LogP contribution in [0.5, 0.6) is 5.75 Å². The number of nitrogens with zero attached hydrogens (tertiary/aromatic N) is 2. The van der Waals surface area contributed by atoms with Crippen LogP contribution in [0, 0.1) is 0 Å². The largest absolute Gasteiger partial charge is 0.495 e. The number of fused-ring (bicyclic) bond motifs is 1. The third-order valence-electron chi connectivity index (χ3n) is 8.94. The highest BCUT2D eigenvalue weighted by Crippen LogP contribution is 2.28. The summed E-state index contributed by atoms with van der Waals surface area (Å²) in [5.41, 5.74) is 1.01. The zero-order valence-corrected chi connectivity index (χ0v) is 31.3. The summed E-state index contributed by atoms with van der Waals surface area (Å²) < 4.78 is 23.2. The first-order valence-corrected chi connectivity index (χ1v) is 18.9. The average Bonchev–Trinajstić information content (AvgIpc) is 3.17. The Bertz CT molecular complexity index is 1820. The number of rotatable bonds is 22. The molecule has 1 N–H and O–H groups in total. The Balaban J connectivity index is 1.40. The molecule has 0 radical (unpaired) electrons. The van der Waals surface area contributed by atoms with Crippen LogP contribution in [-0.4, -0.2) is 47.9 Å². The number of carbonyl (C=O) groups excluding carboxylic acids is 3. The Labute approximate surface area is 312 Å². The highest BCUT2D eigenvalue weighted by atomic mass is 16.6. The van der Waals surface area contributed by atoms with Gasteiger partial charge in [-0.15, -0.1) is 0 Å². The van der Waals surface area contributed by atoms with Crippen molar-refractivity contribution in [3.8, 4) is 5.75 Å². The molecule has 3 aromatic carbocycles. The topological polar surface area (TPSA) is 135 Å². The lowest BCUT2D eigenvalue weighted by atomic mass is 10.1. The Morgan fingerprint density at radius 2 is 1.42 bits per heavy atom. The van der Waals surface area contributed by atoms with Gasteiger partial charge in [0, 0.05) is 0 Å². The van der Waals surface area contributed by atoms with Crippen LogP contribution >= 0.6 is 0 Å². The first kappa shape index (κ1) is 40.6. The van der Waals surface area contributed by atoms with Crippen LogP contribution in [0.1, 0.15) is 119 Å². The third-order valence-corrected chi connectivity index (χ3v) is 8.94. The summed E-state index contributed by atoms with van der Waals surface area (Å²) in [7, 11) is 1.42. The Kier molecular flexibility index (Phi) is 16.8. The van der Waals surface area contributed by atoms with Gasteiger partial charge >= 0.3 is 18.0 Å². The standard InChI is InChI=1S/C42H53N3O8/c1-4-6-7-8-9-10-11-12-13-14-15-21-28-52-40(47)32-26-27-36(50-3)35(29-32)44-42(49)53-37(41(48)51-5-2)38-43-34-25-20-19-24-33(34)39(46)45(38)30-31-22-17-16-18-23-31/h16-20,22-27,29,37H,4-15,21,28,30H2,1-3H3,(H,44,49). The highest BCUT2D eigenvalue weighted by Gasteiger charge is 2.32. The number of benzene rings is 3. The van der Waals surface area contributed by atoms with Gasteiger partial charge in [0.1, 0.15) is 5.75 Å². The number of methoxy groups -OCH3 is 1. The van der Waals surface area contributed by atoms with Gasteiger partial charge in [-0.1, -0.05) is 120 Å². The minimum absolute atomic E-state index is 0.00591. The molecule has 4 rings (SSSR count). The van der Waals surface area contributed by atoms with Crippen LogP contribution in [0.3, 0.4) is 0 Å². The second-order valence-electron chi connectivity index (χ2n) is 13.0. The zero-order valence-electron chi connectivity index (χ0n) is 31.3. The lowest BCUT2D eigenvalue weighted by Gasteiger charge is -2.21. The third kappa shape index (κ3) is 12.5. The fourth-order valence-corrected chi connectivity index (χ4v) is 6.10. The number of aromatic nitrogens is 2. The molecule has 1 heterocycles. The van der Waals surface area contributed by atoms with E-state index >= 15 is 0 Å². The van der Waals surface area contributed by atoms with Crippen LogP contribution in [-0.2, 0) is 25.5 Å². The van der Waals surface area contributed by atoms with Crippen molar-refractivity contribution in [1.82, 2.24) is 9.55 Å². The van der Waals surface area contributed by atoms with Crippen molar-refractivity contribution in [3.05, 3.63) is 100 Å². The van der Waals surface area contributed by atoms with E-state index in [1.807, 2.05) is 30.3 Å². The number of nitrogens with one attached hydrogen (secondary N) is 1. The lowest BCUT2D eigenvalue weighted by molar-refractivity contribution is -0.153. The molecule has 0 saturated heterocycles. The van der Waals surface area contributed by atoms with E-state index in [0.717, 1.165) is 24.8 Å². The van der Waals surface area contributed by atoms with Crippen molar-refractivity contribution in [3.63, 3.8) is 0 Å². The van der Waals surface area contributed by atoms with Gasteiger partial charge in [-0.25, -0.2) is 19.4 Å². The van der Waals surface area contributed by atoms with E-state index in [0.29, 0.717) is 10.9 Å². The molecular formula is C42H53N3O8. The minimum Gasteiger partial charge on any atom is -0.495 e. The van der Waals surface area contributed by atoms with Crippen molar-refractivity contribution in [2.75, 3.05) is 25.6 Å². The number of hydrogen-bond donors (Lipinski definition) is 1. The maximum atomic E-state index is 13.8. The molecule has 0 bridgehead atoms. The molecule has 4 aromatic rings. The van der Waals surface area contributed by atoms with Crippen LogP contribution in [0.4, 0.5) is 10.5 Å². The molecule has 1 atom stereocenters. The summed E-state index contributed by atoms with van der Waals surface area (Å²) in [6, 6.07) is 20.4. The zero-order chi connectivity index (χ0) is 37.8. The molecular weight excluding hydrogens is 674 g/mol. The maximum Gasteiger partial charge on any atom is 0.413 e. The second-order valence-corrected chi connectivity index (χ2v) is 13.0. The second kappa shape index (κ2) is 22.0. The fraction of sp³-hybridized carbons (Fsp3) is 0.452. The van der Waals surface area contributed by atoms with E-state index in [1.165, 1.54) is 81.6 Å². The van der Waals surface area contributed by atoms with Crippen molar-refractivity contribution >= 4 is 34.6 Å². The summed E-state index contributed by atoms with van der Waals surface area (Å²) in [4.78, 5) is 58.1. The van der Waals surface area contributed by atoms with Crippen molar-refractivity contribution in [2.24, 2.45) is 0 Å². The van der Waals surface area contributed by atoms with Crippen LogP contribution in [0.15, 0.2) is 77.6 Å². The summed E-state index contributed by atoms with van der Waals surface area (Å²) in [6.45, 7) is 4.20. The smallest absolute Gasteiger partial charge is 0.413 e. The van der Waals surface area contributed by atoms with Gasteiger partial charge in [-0.3, -0.25) is 14.7 Å². The number of hydrogen-bond acceptors (Lipinski definition) is 9. The number of esters is 2. The Morgan fingerprint density at radius 1 is 0.774 bits per heavy atom. The SMILES string of the molecule is CCCCCCCCCCCCCCOC(=O)c1ccc(OC)c(NC(=O)OC(C(=O)OCC)c2nc3ccccc3c(=O)n2Cc2ccccc2)c1. The predicted molar refractivity (Wildman–Crippen MR) is 205 cm³/mol. The summed E-state index contributed by atoms with van der Waals surface area (Å²) >= 11 is 0. The van der Waals surface area contributed by atoms with Gasteiger partial charge in [0.25, 0.3) is 11.7 Å². The Hall–Kier alpha value is -5.19. The van der Waals surface area contributed by atoms with Gasteiger partial charge < -0.3 is 18.9 Å². The quantitative estimate of drug-likeness (QED) is 0.0478. The van der Waals surface area contributed by atoms with Crippen molar-refractivity contribution in [1.29, 1.82) is 0 Å². The first-order chi connectivity index (χ1) is 25.9.